The van der Waals surface area contributed by atoms with Gasteiger partial charge in [-0.1, -0.05) is 54.6 Å². The first-order chi connectivity index (χ1) is 12.8. The number of hydrogen-bond acceptors (Lipinski definition) is 4. The third-order valence-corrected chi connectivity index (χ3v) is 5.51. The van der Waals surface area contributed by atoms with Crippen molar-refractivity contribution in [2.45, 2.75) is 37.6 Å². The van der Waals surface area contributed by atoms with Crippen molar-refractivity contribution in [2.24, 2.45) is 11.7 Å². The van der Waals surface area contributed by atoms with Crippen LogP contribution in [0.1, 0.15) is 18.4 Å². The second-order valence-electron chi connectivity index (χ2n) is 7.26. The Balaban J connectivity index is 1.51. The highest BCUT2D eigenvalue weighted by atomic mass is 16.7. The predicted octanol–water partition coefficient (Wildman–Crippen LogP) is 3.02. The van der Waals surface area contributed by atoms with Crippen molar-refractivity contribution in [3.63, 3.8) is 0 Å². The number of nitrogens with zero attached hydrogens (tertiary/aromatic N) is 1. The van der Waals surface area contributed by atoms with E-state index < -0.39 is 0 Å². The summed E-state index contributed by atoms with van der Waals surface area (Å²) in [5.41, 5.74) is 8.58. The van der Waals surface area contributed by atoms with Crippen molar-refractivity contribution in [1.82, 2.24) is 4.90 Å². The fourth-order valence-electron chi connectivity index (χ4n) is 4.14. The lowest BCUT2D eigenvalue weighted by Gasteiger charge is -2.44. The van der Waals surface area contributed by atoms with E-state index in [1.165, 1.54) is 5.56 Å². The van der Waals surface area contributed by atoms with Gasteiger partial charge < -0.3 is 15.2 Å². The first-order valence-electron chi connectivity index (χ1n) is 9.66. The van der Waals surface area contributed by atoms with Gasteiger partial charge in [0.05, 0.1) is 13.2 Å². The summed E-state index contributed by atoms with van der Waals surface area (Å²) >= 11 is 0. The molecule has 1 aromatic rings. The maximum absolute atomic E-state index is 6.27. The fourth-order valence-corrected chi connectivity index (χ4v) is 4.14. The van der Waals surface area contributed by atoms with E-state index >= 15 is 0 Å². The van der Waals surface area contributed by atoms with Crippen LogP contribution in [0.3, 0.4) is 0 Å². The number of ether oxygens (including phenoxy) is 2. The second-order valence-corrected chi connectivity index (χ2v) is 7.26. The van der Waals surface area contributed by atoms with E-state index in [1.54, 1.807) is 0 Å². The van der Waals surface area contributed by atoms with Gasteiger partial charge in [0.2, 0.25) is 0 Å². The Morgan fingerprint density at radius 1 is 1.04 bits per heavy atom. The lowest BCUT2D eigenvalue weighted by molar-refractivity contribution is -0.183. The van der Waals surface area contributed by atoms with Gasteiger partial charge in [-0.3, -0.25) is 4.90 Å². The first kappa shape index (κ1) is 17.5. The number of hydrogen-bond donors (Lipinski definition) is 1. The van der Waals surface area contributed by atoms with E-state index in [1.807, 2.05) is 6.08 Å². The van der Waals surface area contributed by atoms with E-state index in [0.717, 1.165) is 44.7 Å². The van der Waals surface area contributed by atoms with E-state index in [4.69, 9.17) is 15.2 Å². The molecule has 3 unspecified atom stereocenters. The van der Waals surface area contributed by atoms with Crippen LogP contribution in [0.5, 0.6) is 0 Å². The Kier molecular flexibility index (Phi) is 5.54. The van der Waals surface area contributed by atoms with Crippen molar-refractivity contribution in [3.05, 3.63) is 72.0 Å². The van der Waals surface area contributed by atoms with Crippen LogP contribution in [0.25, 0.3) is 0 Å². The molecule has 1 aromatic carbocycles. The van der Waals surface area contributed by atoms with E-state index in [2.05, 4.69) is 59.5 Å². The average molecular weight is 352 g/mol. The smallest absolute Gasteiger partial charge is 0.158 e. The van der Waals surface area contributed by atoms with Gasteiger partial charge in [-0.15, -0.1) is 0 Å². The number of fused-ring (bicyclic) bond motifs is 1. The third kappa shape index (κ3) is 3.93. The Hall–Kier alpha value is -1.88. The highest BCUT2D eigenvalue weighted by Crippen LogP contribution is 2.31. The molecule has 0 bridgehead atoms. The van der Waals surface area contributed by atoms with Crippen LogP contribution >= 0.6 is 0 Å². The number of nitrogens with two attached hydrogens (primary N) is 1. The summed E-state index contributed by atoms with van der Waals surface area (Å²) in [4.78, 5) is 2.56. The van der Waals surface area contributed by atoms with Gasteiger partial charge in [0.25, 0.3) is 0 Å². The normalized spacial score (nSPS) is 29.4. The monoisotopic (exact) mass is 352 g/mol. The van der Waals surface area contributed by atoms with Gasteiger partial charge in [0.15, 0.2) is 6.29 Å². The molecule has 0 aromatic heterocycles. The molecule has 3 atom stereocenters. The largest absolute Gasteiger partial charge is 0.401 e. The minimum atomic E-state index is -0.0778. The molecular weight excluding hydrogens is 324 g/mol. The van der Waals surface area contributed by atoms with Gasteiger partial charge in [-0.05, 0) is 24.5 Å². The number of benzene rings is 1. The summed E-state index contributed by atoms with van der Waals surface area (Å²) in [6.07, 6.45) is 13.8. The zero-order chi connectivity index (χ0) is 17.8. The van der Waals surface area contributed by atoms with Crippen LogP contribution in [0.15, 0.2) is 66.4 Å². The number of rotatable bonds is 5. The van der Waals surface area contributed by atoms with Gasteiger partial charge in [-0.2, -0.15) is 0 Å². The summed E-state index contributed by atoms with van der Waals surface area (Å²) in [6, 6.07) is 11.4. The molecule has 2 N–H and O–H groups in total. The Morgan fingerprint density at radius 2 is 1.85 bits per heavy atom. The standard InChI is InChI=1S/C22H28N2O2/c23-20-8-4-9-21-19(20)11-10-18(16-17-6-2-1-3-7-17)24(21)13-12-22-25-14-5-15-26-22/h1-4,6-11,18-19,21-22H,5,12-16,23H2. The third-order valence-electron chi connectivity index (χ3n) is 5.51. The van der Waals surface area contributed by atoms with E-state index in [0.29, 0.717) is 12.1 Å². The summed E-state index contributed by atoms with van der Waals surface area (Å²) < 4.78 is 11.5. The predicted molar refractivity (Wildman–Crippen MR) is 103 cm³/mol. The molecule has 0 saturated carbocycles. The average Bonchev–Trinajstić information content (AvgIpc) is 2.69. The molecule has 1 saturated heterocycles. The van der Waals surface area contributed by atoms with Crippen LogP contribution in [0, 0.1) is 5.92 Å². The molecule has 2 aliphatic heterocycles. The molecule has 4 nitrogen and oxygen atoms in total. The molecule has 26 heavy (non-hydrogen) atoms. The highest BCUT2D eigenvalue weighted by molar-refractivity contribution is 5.31. The Bertz CT molecular complexity index is 677. The molecule has 4 heteroatoms. The fraction of sp³-hybridized carbons (Fsp3) is 0.455. The van der Waals surface area contributed by atoms with Crippen LogP contribution in [-0.4, -0.2) is 43.0 Å². The van der Waals surface area contributed by atoms with Gasteiger partial charge in [-0.25, -0.2) is 0 Å². The molecule has 0 radical (unpaired) electrons. The first-order valence-corrected chi connectivity index (χ1v) is 9.66. The van der Waals surface area contributed by atoms with Crippen molar-refractivity contribution in [1.29, 1.82) is 0 Å². The van der Waals surface area contributed by atoms with Crippen LogP contribution < -0.4 is 5.73 Å². The quantitative estimate of drug-likeness (QED) is 0.828. The Labute approximate surface area is 156 Å². The minimum Gasteiger partial charge on any atom is -0.401 e. The molecule has 3 aliphatic rings. The van der Waals surface area contributed by atoms with Crippen molar-refractivity contribution in [2.75, 3.05) is 19.8 Å². The molecule has 0 amide bonds. The van der Waals surface area contributed by atoms with Crippen molar-refractivity contribution in [3.8, 4) is 0 Å². The minimum absolute atomic E-state index is 0.0778. The van der Waals surface area contributed by atoms with Gasteiger partial charge in [0.1, 0.15) is 0 Å². The lowest BCUT2D eigenvalue weighted by Crippen LogP contribution is -2.51. The van der Waals surface area contributed by atoms with Crippen LogP contribution in [-0.2, 0) is 15.9 Å². The molecule has 1 fully saturated rings. The molecule has 1 aliphatic carbocycles. The number of allylic oxidation sites excluding steroid dienone is 2. The molecular formula is C22H28N2O2. The summed E-state index contributed by atoms with van der Waals surface area (Å²) in [6.45, 7) is 2.55. The van der Waals surface area contributed by atoms with Crippen LogP contribution in [0.2, 0.25) is 0 Å². The van der Waals surface area contributed by atoms with Crippen molar-refractivity contribution >= 4 is 0 Å². The molecule has 2 heterocycles. The summed E-state index contributed by atoms with van der Waals surface area (Å²) in [5.74, 6) is 0.264. The maximum atomic E-state index is 6.27. The Morgan fingerprint density at radius 3 is 2.65 bits per heavy atom. The highest BCUT2D eigenvalue weighted by Gasteiger charge is 2.35. The topological polar surface area (TPSA) is 47.7 Å². The maximum Gasteiger partial charge on any atom is 0.158 e. The zero-order valence-electron chi connectivity index (χ0n) is 15.2. The van der Waals surface area contributed by atoms with Crippen molar-refractivity contribution < 1.29 is 9.47 Å². The zero-order valence-corrected chi connectivity index (χ0v) is 15.2. The molecule has 0 spiro atoms. The van der Waals surface area contributed by atoms with Gasteiger partial charge >= 0.3 is 0 Å². The summed E-state index contributed by atoms with van der Waals surface area (Å²) in [5, 5.41) is 0. The molecule has 138 valence electrons. The molecule has 4 rings (SSSR count). The second kappa shape index (κ2) is 8.21. The lowest BCUT2D eigenvalue weighted by atomic mass is 9.84. The summed E-state index contributed by atoms with van der Waals surface area (Å²) in [7, 11) is 0. The van der Waals surface area contributed by atoms with Crippen LogP contribution in [0.4, 0.5) is 0 Å². The SMILES string of the molecule is NC1=CC=CC2C1C=CC(Cc1ccccc1)N2CCC1OCCCO1. The van der Waals surface area contributed by atoms with Gasteiger partial charge in [0, 0.05) is 36.7 Å². The van der Waals surface area contributed by atoms with E-state index in [9.17, 15) is 0 Å². The van der Waals surface area contributed by atoms with E-state index in [-0.39, 0.29) is 12.2 Å².